The number of benzene rings is 2. The number of amides is 2. The van der Waals surface area contributed by atoms with Gasteiger partial charge in [0.05, 0.1) is 17.6 Å². The van der Waals surface area contributed by atoms with Crippen LogP contribution in [0.25, 0.3) is 11.0 Å². The Kier molecular flexibility index (Phi) is 6.28. The van der Waals surface area contributed by atoms with Crippen molar-refractivity contribution in [2.24, 2.45) is 0 Å². The van der Waals surface area contributed by atoms with Crippen LogP contribution in [0.1, 0.15) is 60.5 Å². The lowest BCUT2D eigenvalue weighted by Crippen LogP contribution is -2.41. The summed E-state index contributed by atoms with van der Waals surface area (Å²) in [7, 11) is 0. The van der Waals surface area contributed by atoms with Crippen LogP contribution in [0, 0.1) is 0 Å². The van der Waals surface area contributed by atoms with Crippen molar-refractivity contribution in [3.8, 4) is 0 Å². The topological polar surface area (TPSA) is 76.5 Å². The highest BCUT2D eigenvalue weighted by Crippen LogP contribution is 2.35. The minimum atomic E-state index is -2.65. The molecule has 5 rings (SSSR count). The van der Waals surface area contributed by atoms with Crippen molar-refractivity contribution < 1.29 is 23.1 Å². The highest BCUT2D eigenvalue weighted by Gasteiger charge is 2.25. The number of hydrogen-bond acceptors (Lipinski definition) is 4. The summed E-state index contributed by atoms with van der Waals surface area (Å²) in [5, 5.41) is 2.85. The number of aromatic nitrogens is 2. The molecule has 1 N–H and O–H groups in total. The van der Waals surface area contributed by atoms with Gasteiger partial charge in [0.15, 0.2) is 0 Å². The molecule has 1 aromatic heterocycles. The predicted molar refractivity (Wildman–Crippen MR) is 124 cm³/mol. The first-order chi connectivity index (χ1) is 16.5. The number of halogens is 2. The number of morpholine rings is 1. The number of ether oxygens (including phenoxy) is 1. The Morgan fingerprint density at radius 3 is 2.71 bits per heavy atom. The minimum absolute atomic E-state index is 0.0491. The Hall–Kier alpha value is -3.33. The fraction of sp³-hybridized carbons (Fsp3) is 0.400. The summed E-state index contributed by atoms with van der Waals surface area (Å²) in [5.74, 6) is -0.206. The van der Waals surface area contributed by atoms with Gasteiger partial charge >= 0.3 is 0 Å². The van der Waals surface area contributed by atoms with Gasteiger partial charge in [-0.15, -0.1) is 0 Å². The number of anilines is 2. The van der Waals surface area contributed by atoms with Gasteiger partial charge in [-0.1, -0.05) is 31.4 Å². The molecule has 2 amide bonds. The number of alkyl halides is 2. The molecule has 34 heavy (non-hydrogen) atoms. The van der Waals surface area contributed by atoms with Crippen molar-refractivity contribution >= 4 is 34.5 Å². The van der Waals surface area contributed by atoms with E-state index < -0.39 is 12.3 Å². The zero-order chi connectivity index (χ0) is 23.7. The summed E-state index contributed by atoms with van der Waals surface area (Å²) in [6.45, 7) is 0.991. The molecule has 2 aliphatic rings. The first-order valence-corrected chi connectivity index (χ1v) is 11.6. The van der Waals surface area contributed by atoms with E-state index in [0.717, 1.165) is 36.9 Å². The normalized spacial score (nSPS) is 17.5. The van der Waals surface area contributed by atoms with Crippen LogP contribution < -0.4 is 10.2 Å². The lowest BCUT2D eigenvalue weighted by molar-refractivity contribution is -0.125. The van der Waals surface area contributed by atoms with Gasteiger partial charge < -0.3 is 14.2 Å². The molecule has 1 saturated heterocycles. The largest absolute Gasteiger partial charge is 0.370 e. The van der Waals surface area contributed by atoms with Gasteiger partial charge in [-0.05, 0) is 43.2 Å². The number of fused-ring (bicyclic) bond motifs is 1. The van der Waals surface area contributed by atoms with Crippen LogP contribution in [0.5, 0.6) is 0 Å². The van der Waals surface area contributed by atoms with Crippen LogP contribution >= 0.6 is 0 Å². The van der Waals surface area contributed by atoms with Gasteiger partial charge in [0.2, 0.25) is 5.95 Å². The Bertz CT molecular complexity index is 1220. The molecule has 1 aliphatic heterocycles. The quantitative estimate of drug-likeness (QED) is 0.566. The first-order valence-electron chi connectivity index (χ1n) is 11.6. The van der Waals surface area contributed by atoms with Crippen LogP contribution in [0.2, 0.25) is 0 Å². The molecule has 2 heterocycles. The van der Waals surface area contributed by atoms with Crippen molar-refractivity contribution in [1.82, 2.24) is 9.55 Å². The van der Waals surface area contributed by atoms with Crippen molar-refractivity contribution in [2.75, 3.05) is 30.0 Å². The lowest BCUT2D eigenvalue weighted by atomic mass is 9.95. The molecule has 9 heteroatoms. The van der Waals surface area contributed by atoms with E-state index in [0.29, 0.717) is 24.6 Å². The SMILES string of the molecule is O=C(Nc1nc2cc(N3CCOCC3=O)ccc2n1C1CCCCC1)c1cccc(C(F)F)c1. The second kappa shape index (κ2) is 9.50. The molecule has 1 aliphatic carbocycles. The molecule has 178 valence electrons. The Balaban J connectivity index is 1.52. The number of carbonyl (C=O) groups excluding carboxylic acids is 2. The average molecular weight is 469 g/mol. The zero-order valence-corrected chi connectivity index (χ0v) is 18.7. The number of rotatable bonds is 5. The van der Waals surface area contributed by atoms with E-state index >= 15 is 0 Å². The molecular weight excluding hydrogens is 442 g/mol. The molecule has 0 atom stereocenters. The number of nitrogens with one attached hydrogen (secondary N) is 1. The number of carbonyl (C=O) groups is 2. The average Bonchev–Trinajstić information content (AvgIpc) is 3.21. The van der Waals surface area contributed by atoms with Gasteiger partial charge in [0.25, 0.3) is 18.2 Å². The smallest absolute Gasteiger partial charge is 0.263 e. The monoisotopic (exact) mass is 468 g/mol. The summed E-state index contributed by atoms with van der Waals surface area (Å²) in [4.78, 5) is 31.7. The van der Waals surface area contributed by atoms with Gasteiger partial charge in [-0.25, -0.2) is 13.8 Å². The molecule has 3 aromatic rings. The van der Waals surface area contributed by atoms with Crippen LogP contribution in [0.3, 0.4) is 0 Å². The summed E-state index contributed by atoms with van der Waals surface area (Å²) in [6.07, 6.45) is 2.65. The minimum Gasteiger partial charge on any atom is -0.370 e. The van der Waals surface area contributed by atoms with E-state index in [4.69, 9.17) is 9.72 Å². The van der Waals surface area contributed by atoms with Crippen LogP contribution in [-0.4, -0.2) is 41.1 Å². The Labute approximate surface area is 195 Å². The summed E-state index contributed by atoms with van der Waals surface area (Å²) < 4.78 is 33.5. The highest BCUT2D eigenvalue weighted by molar-refractivity contribution is 6.04. The molecule has 1 saturated carbocycles. The summed E-state index contributed by atoms with van der Waals surface area (Å²) in [6, 6.07) is 11.3. The van der Waals surface area contributed by atoms with Crippen LogP contribution in [-0.2, 0) is 9.53 Å². The third kappa shape index (κ3) is 4.40. The van der Waals surface area contributed by atoms with Gasteiger partial charge in [0, 0.05) is 29.4 Å². The van der Waals surface area contributed by atoms with E-state index in [2.05, 4.69) is 5.32 Å². The molecule has 0 spiro atoms. The molecule has 0 bridgehead atoms. The molecule has 2 aromatic carbocycles. The molecule has 7 nitrogen and oxygen atoms in total. The standard InChI is InChI=1S/C25H26F2N4O3/c26-23(27)16-5-4-6-17(13-16)24(33)29-25-28-20-14-19(30-11-12-34-15-22(30)32)9-10-21(20)31(25)18-7-2-1-3-8-18/h4-6,9-10,13-14,18,23H,1-3,7-8,11-12,15H2,(H,28,29,33). The maximum atomic E-state index is 13.1. The maximum absolute atomic E-state index is 13.1. The lowest BCUT2D eigenvalue weighted by Gasteiger charge is -2.27. The van der Waals surface area contributed by atoms with Crippen molar-refractivity contribution in [3.63, 3.8) is 0 Å². The van der Waals surface area contributed by atoms with Crippen LogP contribution in [0.15, 0.2) is 42.5 Å². The van der Waals surface area contributed by atoms with E-state index in [1.807, 2.05) is 22.8 Å². The summed E-state index contributed by atoms with van der Waals surface area (Å²) in [5.41, 5.74) is 2.22. The van der Waals surface area contributed by atoms with Gasteiger partial charge in [-0.3, -0.25) is 14.9 Å². The number of nitrogens with zero attached hydrogens (tertiary/aromatic N) is 3. The Morgan fingerprint density at radius 1 is 1.12 bits per heavy atom. The van der Waals surface area contributed by atoms with Gasteiger partial charge in [-0.2, -0.15) is 0 Å². The molecule has 0 radical (unpaired) electrons. The van der Waals surface area contributed by atoms with E-state index in [-0.39, 0.29) is 29.7 Å². The third-order valence-corrected chi connectivity index (χ3v) is 6.54. The van der Waals surface area contributed by atoms with E-state index in [9.17, 15) is 18.4 Å². The number of hydrogen-bond donors (Lipinski definition) is 1. The molecule has 2 fully saturated rings. The van der Waals surface area contributed by atoms with Crippen molar-refractivity contribution in [2.45, 2.75) is 44.6 Å². The maximum Gasteiger partial charge on any atom is 0.263 e. The second-order valence-electron chi connectivity index (χ2n) is 8.75. The van der Waals surface area contributed by atoms with Crippen LogP contribution in [0.4, 0.5) is 20.4 Å². The highest BCUT2D eigenvalue weighted by atomic mass is 19.3. The zero-order valence-electron chi connectivity index (χ0n) is 18.7. The first kappa shape index (κ1) is 22.5. The predicted octanol–water partition coefficient (Wildman–Crippen LogP) is 5.09. The van der Waals surface area contributed by atoms with Crippen molar-refractivity contribution in [1.29, 1.82) is 0 Å². The third-order valence-electron chi connectivity index (χ3n) is 6.54. The Morgan fingerprint density at radius 2 is 1.94 bits per heavy atom. The van der Waals surface area contributed by atoms with E-state index in [1.54, 1.807) is 4.90 Å². The molecule has 0 unspecified atom stereocenters. The van der Waals surface area contributed by atoms with Gasteiger partial charge in [0.1, 0.15) is 6.61 Å². The fourth-order valence-electron chi connectivity index (χ4n) is 4.83. The number of imidazole rings is 1. The van der Waals surface area contributed by atoms with E-state index in [1.165, 1.54) is 30.7 Å². The summed E-state index contributed by atoms with van der Waals surface area (Å²) >= 11 is 0. The van der Waals surface area contributed by atoms with Crippen molar-refractivity contribution in [3.05, 3.63) is 53.6 Å². The second-order valence-corrected chi connectivity index (χ2v) is 8.75. The molecular formula is C25H26F2N4O3. The fourth-order valence-corrected chi connectivity index (χ4v) is 4.83.